The summed E-state index contributed by atoms with van der Waals surface area (Å²) >= 11 is 0. The number of carbonyl (C=O) groups excluding carboxylic acids is 3. The Hall–Kier alpha value is -2.68. The fourth-order valence-electron chi connectivity index (χ4n) is 10.5. The highest BCUT2D eigenvalue weighted by Gasteiger charge is 2.58. The number of esters is 3. The molecule has 1 N–H and O–H groups in total. The highest BCUT2D eigenvalue weighted by atomic mass is 32.2. The average Bonchev–Trinajstić information content (AvgIpc) is 3.08. The van der Waals surface area contributed by atoms with E-state index in [4.69, 9.17) is 28.2 Å². The summed E-state index contributed by atoms with van der Waals surface area (Å²) in [5.74, 6) is -2.45. The first kappa shape index (κ1) is 38.6. The molecule has 14 heteroatoms. The van der Waals surface area contributed by atoms with E-state index in [-0.39, 0.29) is 69.5 Å². The number of carbonyl (C=O) groups is 3. The monoisotopic (exact) mass is 766 g/mol. The summed E-state index contributed by atoms with van der Waals surface area (Å²) in [6, 6.07) is 0. The second-order valence-electron chi connectivity index (χ2n) is 17.5. The van der Waals surface area contributed by atoms with Gasteiger partial charge in [-0.3, -0.25) is 14.1 Å². The van der Waals surface area contributed by atoms with Crippen molar-refractivity contribution >= 4 is 28.0 Å². The smallest absolute Gasteiger partial charge is 0.465 e. The zero-order valence-corrected chi connectivity index (χ0v) is 31.4. The molecule has 7 aliphatic rings. The summed E-state index contributed by atoms with van der Waals surface area (Å²) in [7, 11) is -6.03. The first-order valence-corrected chi connectivity index (χ1v) is 20.7. The summed E-state index contributed by atoms with van der Waals surface area (Å²) in [6.45, 7) is 4.16. The third-order valence-electron chi connectivity index (χ3n) is 12.7. The van der Waals surface area contributed by atoms with Crippen molar-refractivity contribution in [1.82, 2.24) is 0 Å². The van der Waals surface area contributed by atoms with Crippen molar-refractivity contribution in [1.29, 1.82) is 0 Å². The Balaban J connectivity index is 1.05. The van der Waals surface area contributed by atoms with Crippen LogP contribution in [0, 0.1) is 40.4 Å². The molecule has 7 rings (SSSR count). The van der Waals surface area contributed by atoms with E-state index in [9.17, 15) is 31.6 Å². The summed E-state index contributed by atoms with van der Waals surface area (Å²) in [5, 5.41) is -5.11. The van der Waals surface area contributed by atoms with Crippen LogP contribution in [0.15, 0.2) is 34.9 Å². The van der Waals surface area contributed by atoms with Crippen LogP contribution in [0.5, 0.6) is 0 Å². The van der Waals surface area contributed by atoms with Crippen LogP contribution in [0.25, 0.3) is 0 Å². The van der Waals surface area contributed by atoms with Crippen molar-refractivity contribution < 1.29 is 59.8 Å². The number of fused-ring (bicyclic) bond motifs is 6. The molecule has 7 unspecified atom stereocenters. The molecule has 0 aromatic carbocycles. The third kappa shape index (κ3) is 8.02. The molecule has 4 fully saturated rings. The topological polar surface area (TPSA) is 152 Å². The van der Waals surface area contributed by atoms with Crippen molar-refractivity contribution in [2.75, 3.05) is 26.4 Å². The SMILES string of the molecule is CC1C=C2CC(C1)CC(C(=O)OCC1(COC(=O)C34CCCC(=CC(C)C3)C4)COC(C3C=C4CCCC(OC(=O)C(F)(F)S(=O)(=O)O)(C4)C3)OC1)C2. The second kappa shape index (κ2) is 14.4. The lowest BCUT2D eigenvalue weighted by Gasteiger charge is -2.47. The van der Waals surface area contributed by atoms with Crippen LogP contribution in [-0.4, -0.2) is 74.5 Å². The zero-order chi connectivity index (χ0) is 37.8. The molecule has 1 aliphatic heterocycles. The van der Waals surface area contributed by atoms with Crippen LogP contribution in [0.4, 0.5) is 8.78 Å². The average molecular weight is 767 g/mol. The molecule has 1 heterocycles. The molecule has 0 amide bonds. The Morgan fingerprint density at radius 1 is 0.887 bits per heavy atom. The normalized spacial score (nSPS) is 38.4. The lowest BCUT2D eigenvalue weighted by Crippen LogP contribution is -2.53. The molecule has 53 heavy (non-hydrogen) atoms. The fourth-order valence-corrected chi connectivity index (χ4v) is 10.8. The van der Waals surface area contributed by atoms with Crippen molar-refractivity contribution in [3.05, 3.63) is 34.9 Å². The molecule has 6 bridgehead atoms. The lowest BCUT2D eigenvalue weighted by molar-refractivity contribution is -0.267. The Morgan fingerprint density at radius 2 is 1.57 bits per heavy atom. The van der Waals surface area contributed by atoms with E-state index in [1.807, 2.05) is 6.08 Å². The summed E-state index contributed by atoms with van der Waals surface area (Å²) in [5.41, 5.74) is 0.403. The van der Waals surface area contributed by atoms with E-state index >= 15 is 0 Å². The van der Waals surface area contributed by atoms with Gasteiger partial charge in [0.05, 0.1) is 30.0 Å². The van der Waals surface area contributed by atoms with E-state index in [2.05, 4.69) is 26.0 Å². The summed E-state index contributed by atoms with van der Waals surface area (Å²) in [4.78, 5) is 39.8. The van der Waals surface area contributed by atoms with Crippen LogP contribution in [0.1, 0.15) is 104 Å². The van der Waals surface area contributed by atoms with Gasteiger partial charge in [-0.1, -0.05) is 48.8 Å². The predicted octanol–water partition coefficient (Wildman–Crippen LogP) is 6.62. The maximum atomic E-state index is 14.2. The molecule has 7 atom stereocenters. The van der Waals surface area contributed by atoms with Crippen molar-refractivity contribution in [2.45, 2.75) is 121 Å². The lowest BCUT2D eigenvalue weighted by atomic mass is 9.64. The predicted molar refractivity (Wildman–Crippen MR) is 185 cm³/mol. The minimum atomic E-state index is -6.03. The van der Waals surface area contributed by atoms with Crippen LogP contribution in [0.2, 0.25) is 0 Å². The van der Waals surface area contributed by atoms with E-state index in [1.165, 1.54) is 11.1 Å². The first-order chi connectivity index (χ1) is 25.0. The van der Waals surface area contributed by atoms with Crippen LogP contribution in [0.3, 0.4) is 0 Å². The van der Waals surface area contributed by atoms with E-state index in [0.29, 0.717) is 43.9 Å². The van der Waals surface area contributed by atoms with Gasteiger partial charge in [0.15, 0.2) is 6.29 Å². The van der Waals surface area contributed by atoms with Gasteiger partial charge in [-0.15, -0.1) is 0 Å². The van der Waals surface area contributed by atoms with Crippen molar-refractivity contribution in [2.24, 2.45) is 40.4 Å². The molecule has 0 aromatic rings. The van der Waals surface area contributed by atoms with Gasteiger partial charge in [0.25, 0.3) is 0 Å². The molecule has 0 aromatic heterocycles. The Bertz CT molecular complexity index is 1680. The van der Waals surface area contributed by atoms with Gasteiger partial charge < -0.3 is 23.7 Å². The molecular weight excluding hydrogens is 714 g/mol. The fraction of sp³-hybridized carbons (Fsp3) is 0.769. The summed E-state index contributed by atoms with van der Waals surface area (Å²) in [6.07, 6.45) is 14.7. The van der Waals surface area contributed by atoms with Gasteiger partial charge in [0.2, 0.25) is 0 Å². The van der Waals surface area contributed by atoms with Crippen LogP contribution < -0.4 is 0 Å². The second-order valence-corrected chi connectivity index (χ2v) is 19.0. The zero-order valence-electron chi connectivity index (χ0n) is 30.6. The molecular formula is C39H52F2O11S. The standard InChI is InChI=1S/C39H52F2O11S/c1-24-9-28-12-29(10-24)15-30(14-28)32(42)48-20-36(23-51-34(43)37-7-3-5-26(17-37)11-25(2)16-37)21-49-33(50-22-36)31-13-27-6-4-8-38(18-27,19-31)52-35(44)39(40,41)53(45,46)47/h9,11,13,24-25,29-31,33H,3-8,10,12,14-23H2,1-2H3,(H,45,46,47). The number of alkyl halides is 2. The minimum Gasteiger partial charge on any atom is -0.465 e. The Kier molecular flexibility index (Phi) is 10.5. The van der Waals surface area contributed by atoms with Gasteiger partial charge >= 0.3 is 33.3 Å². The maximum absolute atomic E-state index is 14.2. The van der Waals surface area contributed by atoms with E-state index in [0.717, 1.165) is 44.1 Å². The van der Waals surface area contributed by atoms with E-state index in [1.54, 1.807) is 0 Å². The van der Waals surface area contributed by atoms with Gasteiger partial charge in [0, 0.05) is 12.3 Å². The van der Waals surface area contributed by atoms with E-state index < -0.39 is 50.0 Å². The number of allylic oxidation sites excluding steroid dienone is 4. The van der Waals surface area contributed by atoms with Gasteiger partial charge in [-0.25, -0.2) is 4.79 Å². The van der Waals surface area contributed by atoms with Crippen LogP contribution in [-0.2, 0) is 48.2 Å². The Morgan fingerprint density at radius 3 is 2.28 bits per heavy atom. The highest BCUT2D eigenvalue weighted by Crippen LogP contribution is 2.50. The van der Waals surface area contributed by atoms with Crippen LogP contribution >= 0.6 is 0 Å². The van der Waals surface area contributed by atoms with Crippen molar-refractivity contribution in [3.8, 4) is 0 Å². The highest BCUT2D eigenvalue weighted by molar-refractivity contribution is 7.87. The number of hydrogen-bond donors (Lipinski definition) is 1. The Labute approximate surface area is 310 Å². The van der Waals surface area contributed by atoms with Gasteiger partial charge in [0.1, 0.15) is 18.8 Å². The first-order valence-electron chi connectivity index (χ1n) is 19.2. The minimum absolute atomic E-state index is 0.00995. The quantitative estimate of drug-likeness (QED) is 0.111. The van der Waals surface area contributed by atoms with Crippen molar-refractivity contribution in [3.63, 3.8) is 0 Å². The molecule has 3 saturated carbocycles. The maximum Gasteiger partial charge on any atom is 0.465 e. The number of hydrogen-bond acceptors (Lipinski definition) is 10. The number of rotatable bonds is 10. The number of ether oxygens (including phenoxy) is 5. The molecule has 294 valence electrons. The molecule has 0 radical (unpaired) electrons. The third-order valence-corrected chi connectivity index (χ3v) is 13.5. The molecule has 1 saturated heterocycles. The van der Waals surface area contributed by atoms with Gasteiger partial charge in [-0.05, 0) is 101 Å². The molecule has 6 aliphatic carbocycles. The largest absolute Gasteiger partial charge is 0.465 e. The van der Waals surface area contributed by atoms with Gasteiger partial charge in [-0.2, -0.15) is 17.2 Å². The number of halogens is 2. The molecule has 0 spiro atoms. The molecule has 11 nitrogen and oxygen atoms in total. The summed E-state index contributed by atoms with van der Waals surface area (Å²) < 4.78 is 89.9.